The van der Waals surface area contributed by atoms with Crippen molar-refractivity contribution in [3.05, 3.63) is 89.8 Å². The standard InChI is InChI=1S/C22H16Br2N4O6/c1-33-21(29)18-17(11-6-4-3-5-7-11)12(10-25)20(26)27(19(18)22(30)34-2)15-8-14(24)16(28(31)32)9-13(15)23/h3-9,17H,26H2,1-2H3. The van der Waals surface area contributed by atoms with Crippen molar-refractivity contribution >= 4 is 55.2 Å². The number of hydrogen-bond donors (Lipinski definition) is 1. The minimum atomic E-state index is -1.02. The van der Waals surface area contributed by atoms with Crippen molar-refractivity contribution in [3.63, 3.8) is 0 Å². The van der Waals surface area contributed by atoms with Gasteiger partial charge in [-0.1, -0.05) is 30.3 Å². The van der Waals surface area contributed by atoms with Crippen LogP contribution < -0.4 is 10.6 Å². The van der Waals surface area contributed by atoms with Gasteiger partial charge in [0.05, 0.1) is 52.4 Å². The topological polar surface area (TPSA) is 149 Å². The minimum Gasteiger partial charge on any atom is -0.466 e. The summed E-state index contributed by atoms with van der Waals surface area (Å²) in [5, 5.41) is 21.4. The molecular weight excluding hydrogens is 576 g/mol. The van der Waals surface area contributed by atoms with Crippen molar-refractivity contribution in [3.8, 4) is 6.07 Å². The predicted octanol–water partition coefficient (Wildman–Crippen LogP) is 4.02. The Morgan fingerprint density at radius 1 is 1.12 bits per heavy atom. The summed E-state index contributed by atoms with van der Waals surface area (Å²) in [6.07, 6.45) is 0. The zero-order valence-corrected chi connectivity index (χ0v) is 20.9. The molecule has 174 valence electrons. The van der Waals surface area contributed by atoms with Gasteiger partial charge in [-0.15, -0.1) is 0 Å². The van der Waals surface area contributed by atoms with Gasteiger partial charge in [0.15, 0.2) is 0 Å². The first-order valence-corrected chi connectivity index (χ1v) is 11.1. The van der Waals surface area contributed by atoms with E-state index in [1.54, 1.807) is 30.3 Å². The maximum atomic E-state index is 13.0. The number of nitrogens with zero attached hydrogens (tertiary/aromatic N) is 3. The van der Waals surface area contributed by atoms with E-state index in [0.717, 1.165) is 19.1 Å². The van der Waals surface area contributed by atoms with Gasteiger partial charge in [0.1, 0.15) is 11.5 Å². The van der Waals surface area contributed by atoms with Crippen LogP contribution in [0.25, 0.3) is 0 Å². The molecule has 0 fully saturated rings. The highest BCUT2D eigenvalue weighted by Gasteiger charge is 2.43. The van der Waals surface area contributed by atoms with Crippen molar-refractivity contribution in [2.24, 2.45) is 5.73 Å². The van der Waals surface area contributed by atoms with Crippen molar-refractivity contribution < 1.29 is 24.0 Å². The number of nitriles is 1. The number of rotatable bonds is 5. The van der Waals surface area contributed by atoms with Gasteiger partial charge >= 0.3 is 11.9 Å². The Morgan fingerprint density at radius 3 is 2.26 bits per heavy atom. The first kappa shape index (κ1) is 24.9. The number of nitrogens with two attached hydrogens (primary N) is 1. The highest BCUT2D eigenvalue weighted by molar-refractivity contribution is 9.11. The van der Waals surface area contributed by atoms with Crippen LogP contribution in [0.5, 0.6) is 0 Å². The number of halogens is 2. The molecule has 12 heteroatoms. The second-order valence-corrected chi connectivity index (χ2v) is 8.56. The van der Waals surface area contributed by atoms with Crippen LogP contribution in [0.15, 0.2) is 74.1 Å². The smallest absolute Gasteiger partial charge is 0.355 e. The molecule has 0 bridgehead atoms. The molecule has 0 saturated carbocycles. The Balaban J connectivity index is 2.45. The lowest BCUT2D eigenvalue weighted by Crippen LogP contribution is -2.41. The lowest BCUT2D eigenvalue weighted by atomic mass is 9.81. The van der Waals surface area contributed by atoms with E-state index < -0.39 is 22.8 Å². The van der Waals surface area contributed by atoms with Crippen LogP contribution in [-0.4, -0.2) is 31.1 Å². The van der Waals surface area contributed by atoms with Crippen LogP contribution in [0.1, 0.15) is 11.5 Å². The van der Waals surface area contributed by atoms with Gasteiger partial charge in [0, 0.05) is 10.5 Å². The zero-order valence-electron chi connectivity index (χ0n) is 17.7. The number of nitro benzene ring substituents is 1. The minimum absolute atomic E-state index is 0.0272. The number of anilines is 1. The number of methoxy groups -OCH3 is 2. The number of ether oxygens (including phenoxy) is 2. The summed E-state index contributed by atoms with van der Waals surface area (Å²) in [6.45, 7) is 0. The zero-order chi connectivity index (χ0) is 25.2. The van der Waals surface area contributed by atoms with Gasteiger partial charge in [-0.25, -0.2) is 9.59 Å². The van der Waals surface area contributed by atoms with Crippen LogP contribution >= 0.6 is 31.9 Å². The normalized spacial score (nSPS) is 15.6. The number of nitro groups is 1. The van der Waals surface area contributed by atoms with E-state index in [4.69, 9.17) is 15.2 Å². The van der Waals surface area contributed by atoms with Crippen LogP contribution in [0, 0.1) is 21.4 Å². The van der Waals surface area contributed by atoms with Crippen LogP contribution in [0.2, 0.25) is 0 Å². The Bertz CT molecular complexity index is 1300. The number of allylic oxidation sites excluding steroid dienone is 1. The van der Waals surface area contributed by atoms with E-state index >= 15 is 0 Å². The molecule has 1 aliphatic rings. The van der Waals surface area contributed by atoms with Crippen molar-refractivity contribution in [2.75, 3.05) is 19.1 Å². The molecule has 3 rings (SSSR count). The van der Waals surface area contributed by atoms with Gasteiger partial charge in [-0.2, -0.15) is 5.26 Å². The van der Waals surface area contributed by atoms with E-state index in [9.17, 15) is 25.0 Å². The molecule has 1 atom stereocenters. The summed E-state index contributed by atoms with van der Waals surface area (Å²) in [6, 6.07) is 13.1. The Labute approximate surface area is 210 Å². The molecule has 0 aliphatic carbocycles. The molecule has 0 spiro atoms. The summed E-state index contributed by atoms with van der Waals surface area (Å²) in [4.78, 5) is 38.0. The fourth-order valence-corrected chi connectivity index (χ4v) is 4.59. The summed E-state index contributed by atoms with van der Waals surface area (Å²) in [5.41, 5.74) is 6.34. The summed E-state index contributed by atoms with van der Waals surface area (Å²) in [5.74, 6) is -2.99. The fraction of sp³-hybridized carbons (Fsp3) is 0.136. The molecule has 0 amide bonds. The van der Waals surface area contributed by atoms with Crippen molar-refractivity contribution in [1.29, 1.82) is 5.26 Å². The molecule has 0 saturated heterocycles. The first-order valence-electron chi connectivity index (χ1n) is 9.46. The second kappa shape index (κ2) is 10.1. The van der Waals surface area contributed by atoms with E-state index in [1.807, 2.05) is 6.07 Å². The third kappa shape index (κ3) is 4.27. The number of esters is 2. The Hall–Kier alpha value is -3.69. The van der Waals surface area contributed by atoms with Crippen LogP contribution in [0.4, 0.5) is 11.4 Å². The molecule has 2 N–H and O–H groups in total. The average molecular weight is 592 g/mol. The van der Waals surface area contributed by atoms with Crippen molar-refractivity contribution in [1.82, 2.24) is 0 Å². The monoisotopic (exact) mass is 590 g/mol. The highest BCUT2D eigenvalue weighted by Crippen LogP contribution is 2.46. The third-order valence-corrected chi connectivity index (χ3v) is 6.33. The summed E-state index contributed by atoms with van der Waals surface area (Å²) in [7, 11) is 2.27. The Morgan fingerprint density at radius 2 is 1.74 bits per heavy atom. The SMILES string of the molecule is COC(=O)C1=C(C(=O)OC)N(c2cc(Br)c([N+](=O)[O-])cc2Br)C(N)=C(C#N)C1c1ccccc1. The molecule has 1 heterocycles. The van der Waals surface area contributed by atoms with E-state index in [-0.39, 0.29) is 43.0 Å². The first-order chi connectivity index (χ1) is 16.2. The number of carbonyl (C=O) groups is 2. The molecule has 2 aromatic carbocycles. The van der Waals surface area contributed by atoms with Crippen LogP contribution in [-0.2, 0) is 19.1 Å². The van der Waals surface area contributed by atoms with E-state index in [0.29, 0.717) is 5.56 Å². The average Bonchev–Trinajstić information content (AvgIpc) is 2.83. The summed E-state index contributed by atoms with van der Waals surface area (Å²) < 4.78 is 10.2. The number of carbonyl (C=O) groups excluding carboxylic acids is 2. The highest BCUT2D eigenvalue weighted by atomic mass is 79.9. The molecule has 1 unspecified atom stereocenters. The van der Waals surface area contributed by atoms with Crippen molar-refractivity contribution in [2.45, 2.75) is 5.92 Å². The number of hydrogen-bond acceptors (Lipinski definition) is 9. The maximum absolute atomic E-state index is 13.0. The third-order valence-electron chi connectivity index (χ3n) is 5.06. The van der Waals surface area contributed by atoms with E-state index in [2.05, 4.69) is 31.9 Å². The molecule has 1 aliphatic heterocycles. The number of benzene rings is 2. The largest absolute Gasteiger partial charge is 0.466 e. The Kier molecular flexibility index (Phi) is 7.38. The van der Waals surface area contributed by atoms with Gasteiger partial charge in [0.2, 0.25) is 0 Å². The quantitative estimate of drug-likeness (QED) is 0.309. The second-order valence-electron chi connectivity index (χ2n) is 6.85. The van der Waals surface area contributed by atoms with Gasteiger partial charge in [-0.3, -0.25) is 15.0 Å². The van der Waals surface area contributed by atoms with Crippen LogP contribution in [0.3, 0.4) is 0 Å². The lowest BCUT2D eigenvalue weighted by Gasteiger charge is -2.36. The molecule has 0 aromatic heterocycles. The predicted molar refractivity (Wildman–Crippen MR) is 128 cm³/mol. The molecule has 10 nitrogen and oxygen atoms in total. The van der Waals surface area contributed by atoms with E-state index in [1.165, 1.54) is 12.1 Å². The van der Waals surface area contributed by atoms with Gasteiger partial charge in [0.25, 0.3) is 5.69 Å². The fourth-order valence-electron chi connectivity index (χ4n) is 3.60. The maximum Gasteiger partial charge on any atom is 0.355 e. The molecule has 0 radical (unpaired) electrons. The lowest BCUT2D eigenvalue weighted by molar-refractivity contribution is -0.385. The van der Waals surface area contributed by atoms with Gasteiger partial charge < -0.3 is 15.2 Å². The molecular formula is C22H16Br2N4O6. The molecule has 34 heavy (non-hydrogen) atoms. The van der Waals surface area contributed by atoms with Gasteiger partial charge in [-0.05, 0) is 43.5 Å². The molecule has 2 aromatic rings. The summed E-state index contributed by atoms with van der Waals surface area (Å²) >= 11 is 6.41.